The van der Waals surface area contributed by atoms with Gasteiger partial charge in [0.05, 0.1) is 19.3 Å². The van der Waals surface area contributed by atoms with Crippen LogP contribution in [0.5, 0.6) is 5.75 Å². The number of nitrogens with one attached hydrogen (secondary N) is 1. The van der Waals surface area contributed by atoms with Crippen molar-refractivity contribution in [1.29, 1.82) is 0 Å². The first-order valence-corrected chi connectivity index (χ1v) is 10.3. The van der Waals surface area contributed by atoms with Gasteiger partial charge in [-0.1, -0.05) is 13.8 Å². The number of imide groups is 1. The predicted molar refractivity (Wildman–Crippen MR) is 104 cm³/mol. The van der Waals surface area contributed by atoms with Crippen LogP contribution < -0.4 is 10.1 Å². The third kappa shape index (κ3) is 3.74. The summed E-state index contributed by atoms with van der Waals surface area (Å²) in [5, 5.41) is 2.32. The molecule has 4 rings (SSSR count). The first kappa shape index (κ1) is 19.8. The Morgan fingerprint density at radius 1 is 1.21 bits per heavy atom. The van der Waals surface area contributed by atoms with Crippen LogP contribution in [0.1, 0.15) is 42.6 Å². The van der Waals surface area contributed by atoms with Gasteiger partial charge in [-0.15, -0.1) is 0 Å². The maximum Gasteiger partial charge on any atom is 0.255 e. The van der Waals surface area contributed by atoms with Crippen LogP contribution >= 0.6 is 0 Å². The Morgan fingerprint density at radius 3 is 2.72 bits per heavy atom. The van der Waals surface area contributed by atoms with Crippen molar-refractivity contribution in [2.75, 3.05) is 26.3 Å². The van der Waals surface area contributed by atoms with Crippen molar-refractivity contribution in [2.24, 2.45) is 0 Å². The molecule has 29 heavy (non-hydrogen) atoms. The molecule has 3 aliphatic heterocycles. The molecule has 0 aromatic heterocycles. The SMILES string of the molecule is CCN(CC)[C@@H]1COC[C@@H]1Oc1ccc2c(c1)CN(C1CCC(=O)NC1=O)C2=O. The van der Waals surface area contributed by atoms with Gasteiger partial charge in [0.25, 0.3) is 5.91 Å². The van der Waals surface area contributed by atoms with Crippen molar-refractivity contribution >= 4 is 17.7 Å². The molecular weight excluding hydrogens is 374 g/mol. The van der Waals surface area contributed by atoms with Gasteiger partial charge in [0.15, 0.2) is 0 Å². The summed E-state index contributed by atoms with van der Waals surface area (Å²) in [6.45, 7) is 7.66. The minimum atomic E-state index is -0.604. The standard InChI is InChI=1S/C21H27N3O5/c1-3-23(4-2)17-11-28-12-18(17)29-14-5-6-15-13(9-14)10-24(21(15)27)16-7-8-19(25)22-20(16)26/h5-6,9,16-18H,3-4,7-8,10-12H2,1-2H3,(H,22,25,26)/t16?,17-,18+/m1/s1. The highest BCUT2D eigenvalue weighted by molar-refractivity contribution is 6.05. The van der Waals surface area contributed by atoms with E-state index in [0.29, 0.717) is 37.5 Å². The van der Waals surface area contributed by atoms with E-state index in [9.17, 15) is 14.4 Å². The van der Waals surface area contributed by atoms with E-state index in [1.165, 1.54) is 0 Å². The zero-order chi connectivity index (χ0) is 20.5. The number of nitrogens with zero attached hydrogens (tertiary/aromatic N) is 2. The Bertz CT molecular complexity index is 823. The molecule has 3 aliphatic rings. The molecule has 0 radical (unpaired) electrons. The second-order valence-electron chi connectivity index (χ2n) is 7.70. The summed E-state index contributed by atoms with van der Waals surface area (Å²) in [5.41, 5.74) is 1.43. The first-order valence-electron chi connectivity index (χ1n) is 10.3. The number of fused-ring (bicyclic) bond motifs is 1. The van der Waals surface area contributed by atoms with E-state index >= 15 is 0 Å². The van der Waals surface area contributed by atoms with Crippen molar-refractivity contribution < 1.29 is 23.9 Å². The van der Waals surface area contributed by atoms with Gasteiger partial charge in [-0.25, -0.2) is 0 Å². The zero-order valence-electron chi connectivity index (χ0n) is 16.8. The third-order valence-electron chi connectivity index (χ3n) is 6.06. The summed E-state index contributed by atoms with van der Waals surface area (Å²) in [6, 6.07) is 5.06. The summed E-state index contributed by atoms with van der Waals surface area (Å²) in [4.78, 5) is 40.2. The Labute approximate surface area is 170 Å². The molecule has 3 amide bonds. The Balaban J connectivity index is 1.48. The van der Waals surface area contributed by atoms with Gasteiger partial charge in [-0.3, -0.25) is 24.6 Å². The van der Waals surface area contributed by atoms with Crippen molar-refractivity contribution in [3.63, 3.8) is 0 Å². The number of benzene rings is 1. The molecule has 3 atom stereocenters. The minimum absolute atomic E-state index is 0.0590. The van der Waals surface area contributed by atoms with Gasteiger partial charge in [-0.2, -0.15) is 0 Å². The lowest BCUT2D eigenvalue weighted by molar-refractivity contribution is -0.136. The second kappa shape index (κ2) is 8.12. The van der Waals surface area contributed by atoms with Crippen molar-refractivity contribution in [1.82, 2.24) is 15.1 Å². The monoisotopic (exact) mass is 401 g/mol. The van der Waals surface area contributed by atoms with E-state index in [1.807, 2.05) is 12.1 Å². The molecule has 1 aromatic carbocycles. The molecule has 156 valence electrons. The number of piperidine rings is 1. The first-order chi connectivity index (χ1) is 14.0. The lowest BCUT2D eigenvalue weighted by Crippen LogP contribution is -2.52. The molecule has 0 spiro atoms. The highest BCUT2D eigenvalue weighted by atomic mass is 16.5. The van der Waals surface area contributed by atoms with Gasteiger partial charge < -0.3 is 14.4 Å². The lowest BCUT2D eigenvalue weighted by atomic mass is 10.0. The molecule has 0 bridgehead atoms. The summed E-state index contributed by atoms with van der Waals surface area (Å²) < 4.78 is 11.9. The van der Waals surface area contributed by atoms with E-state index in [-0.39, 0.29) is 30.4 Å². The lowest BCUT2D eigenvalue weighted by Gasteiger charge is -2.29. The van der Waals surface area contributed by atoms with Crippen LogP contribution in [0.15, 0.2) is 18.2 Å². The molecular formula is C21H27N3O5. The van der Waals surface area contributed by atoms with Crippen LogP contribution in [0.4, 0.5) is 0 Å². The van der Waals surface area contributed by atoms with E-state index in [2.05, 4.69) is 24.1 Å². The Hall–Kier alpha value is -2.45. The fourth-order valence-corrected chi connectivity index (χ4v) is 4.47. The average molecular weight is 401 g/mol. The minimum Gasteiger partial charge on any atom is -0.486 e. The average Bonchev–Trinajstić information content (AvgIpc) is 3.28. The summed E-state index contributed by atoms with van der Waals surface area (Å²) in [5.74, 6) is -0.155. The maximum atomic E-state index is 12.8. The quantitative estimate of drug-likeness (QED) is 0.714. The number of rotatable bonds is 6. The molecule has 8 nitrogen and oxygen atoms in total. The Kier molecular flexibility index (Phi) is 5.56. The van der Waals surface area contributed by atoms with Crippen LogP contribution in [-0.2, 0) is 20.9 Å². The Morgan fingerprint density at radius 2 is 2.00 bits per heavy atom. The van der Waals surface area contributed by atoms with E-state index in [0.717, 1.165) is 18.7 Å². The number of amides is 3. The number of carbonyl (C=O) groups excluding carboxylic acids is 3. The van der Waals surface area contributed by atoms with Gasteiger partial charge >= 0.3 is 0 Å². The van der Waals surface area contributed by atoms with E-state index < -0.39 is 11.9 Å². The van der Waals surface area contributed by atoms with Crippen LogP contribution in [0.3, 0.4) is 0 Å². The molecule has 3 heterocycles. The number of likely N-dealkylation sites (N-methyl/N-ethyl adjacent to an activating group) is 1. The number of hydrogen-bond acceptors (Lipinski definition) is 6. The molecule has 1 aromatic rings. The fourth-order valence-electron chi connectivity index (χ4n) is 4.47. The van der Waals surface area contributed by atoms with Gasteiger partial charge in [0, 0.05) is 18.5 Å². The van der Waals surface area contributed by atoms with Crippen LogP contribution in [0, 0.1) is 0 Å². The summed E-state index contributed by atoms with van der Waals surface area (Å²) in [6.07, 6.45) is 0.550. The number of hydrogen-bond donors (Lipinski definition) is 1. The van der Waals surface area contributed by atoms with E-state index in [4.69, 9.17) is 9.47 Å². The molecule has 0 aliphatic carbocycles. The van der Waals surface area contributed by atoms with Crippen molar-refractivity contribution in [2.45, 2.75) is 51.4 Å². The van der Waals surface area contributed by atoms with Crippen molar-refractivity contribution in [3.05, 3.63) is 29.3 Å². The molecule has 8 heteroatoms. The number of carbonyl (C=O) groups is 3. The van der Waals surface area contributed by atoms with Crippen LogP contribution in [0.25, 0.3) is 0 Å². The third-order valence-corrected chi connectivity index (χ3v) is 6.06. The fraction of sp³-hybridized carbons (Fsp3) is 0.571. The maximum absolute atomic E-state index is 12.8. The smallest absolute Gasteiger partial charge is 0.255 e. The highest BCUT2D eigenvalue weighted by Gasteiger charge is 2.39. The molecule has 2 fully saturated rings. The van der Waals surface area contributed by atoms with Crippen molar-refractivity contribution in [3.8, 4) is 5.75 Å². The molecule has 0 saturated carbocycles. The topological polar surface area (TPSA) is 88.2 Å². The van der Waals surface area contributed by atoms with Crippen LogP contribution in [0.2, 0.25) is 0 Å². The largest absolute Gasteiger partial charge is 0.486 e. The van der Waals surface area contributed by atoms with Crippen LogP contribution in [-0.4, -0.2) is 72.0 Å². The van der Waals surface area contributed by atoms with Gasteiger partial charge in [0.2, 0.25) is 11.8 Å². The zero-order valence-corrected chi connectivity index (χ0v) is 16.8. The van der Waals surface area contributed by atoms with Gasteiger partial charge in [0.1, 0.15) is 17.9 Å². The highest BCUT2D eigenvalue weighted by Crippen LogP contribution is 2.31. The molecule has 2 saturated heterocycles. The molecule has 1 N–H and O–H groups in total. The second-order valence-corrected chi connectivity index (χ2v) is 7.70. The molecule has 1 unspecified atom stereocenters. The predicted octanol–water partition coefficient (Wildman–Crippen LogP) is 0.936. The normalized spacial score (nSPS) is 26.8. The summed E-state index contributed by atoms with van der Waals surface area (Å²) in [7, 11) is 0. The number of ether oxygens (including phenoxy) is 2. The van der Waals surface area contributed by atoms with Gasteiger partial charge in [-0.05, 0) is 43.3 Å². The summed E-state index contributed by atoms with van der Waals surface area (Å²) >= 11 is 0. The van der Waals surface area contributed by atoms with E-state index in [1.54, 1.807) is 11.0 Å².